The molecule has 1 aliphatic heterocycles. The van der Waals surface area contributed by atoms with Crippen molar-refractivity contribution >= 4 is 34.2 Å². The van der Waals surface area contributed by atoms with Crippen molar-refractivity contribution in [2.45, 2.75) is 58.3 Å². The Labute approximate surface area is 151 Å². The first-order chi connectivity index (χ1) is 12.1. The molecular weight excluding hydrogens is 340 g/mol. The SMILES string of the molecule is CCCCCc1nnc(NC(=O)CN2C(=O)[C@H]3CCCC[C@H]3C2=O)s1. The van der Waals surface area contributed by atoms with Gasteiger partial charge in [0.15, 0.2) is 0 Å². The molecule has 2 aliphatic rings. The lowest BCUT2D eigenvalue weighted by molar-refractivity contribution is -0.142. The maximum Gasteiger partial charge on any atom is 0.246 e. The smallest absolute Gasteiger partial charge is 0.246 e. The molecule has 0 spiro atoms. The van der Waals surface area contributed by atoms with Gasteiger partial charge in [0.25, 0.3) is 0 Å². The Balaban J connectivity index is 1.54. The first-order valence-corrected chi connectivity index (χ1v) is 9.89. The van der Waals surface area contributed by atoms with Crippen LogP contribution in [0.25, 0.3) is 0 Å². The second-order valence-corrected chi connectivity index (χ2v) is 7.83. The summed E-state index contributed by atoms with van der Waals surface area (Å²) < 4.78 is 0. The quantitative estimate of drug-likeness (QED) is 0.592. The lowest BCUT2D eigenvalue weighted by atomic mass is 9.81. The fourth-order valence-electron chi connectivity index (χ4n) is 3.62. The Morgan fingerprint density at radius 2 is 1.84 bits per heavy atom. The molecule has 3 amide bonds. The van der Waals surface area contributed by atoms with Gasteiger partial charge >= 0.3 is 0 Å². The van der Waals surface area contributed by atoms with Crippen molar-refractivity contribution in [1.29, 1.82) is 0 Å². The molecule has 2 atom stereocenters. The molecule has 0 unspecified atom stereocenters. The van der Waals surface area contributed by atoms with E-state index in [4.69, 9.17) is 0 Å². The molecular formula is C17H24N4O3S. The average Bonchev–Trinajstić information content (AvgIpc) is 3.14. The van der Waals surface area contributed by atoms with E-state index in [1.807, 2.05) is 0 Å². The number of hydrogen-bond acceptors (Lipinski definition) is 6. The Kier molecular flexibility index (Phi) is 5.78. The van der Waals surface area contributed by atoms with Gasteiger partial charge in [-0.15, -0.1) is 10.2 Å². The van der Waals surface area contributed by atoms with Gasteiger partial charge in [-0.3, -0.25) is 24.6 Å². The van der Waals surface area contributed by atoms with Crippen LogP contribution in [0.1, 0.15) is 56.9 Å². The summed E-state index contributed by atoms with van der Waals surface area (Å²) in [6.45, 7) is 1.91. The molecule has 1 saturated carbocycles. The van der Waals surface area contributed by atoms with Crippen LogP contribution in [-0.4, -0.2) is 39.4 Å². The van der Waals surface area contributed by atoms with Crippen LogP contribution in [0.3, 0.4) is 0 Å². The van der Waals surface area contributed by atoms with Crippen LogP contribution in [0.4, 0.5) is 5.13 Å². The van der Waals surface area contributed by atoms with Crippen LogP contribution in [-0.2, 0) is 20.8 Å². The number of anilines is 1. The lowest BCUT2D eigenvalue weighted by Crippen LogP contribution is -2.38. The van der Waals surface area contributed by atoms with Gasteiger partial charge in [0, 0.05) is 6.42 Å². The van der Waals surface area contributed by atoms with Crippen LogP contribution in [0.5, 0.6) is 0 Å². The van der Waals surface area contributed by atoms with Crippen molar-refractivity contribution in [3.8, 4) is 0 Å². The first-order valence-electron chi connectivity index (χ1n) is 9.07. The number of aryl methyl sites for hydroxylation is 1. The van der Waals surface area contributed by atoms with Crippen LogP contribution in [0.15, 0.2) is 0 Å². The van der Waals surface area contributed by atoms with E-state index in [0.29, 0.717) is 5.13 Å². The molecule has 0 radical (unpaired) electrons. The van der Waals surface area contributed by atoms with Gasteiger partial charge in [0.1, 0.15) is 11.6 Å². The lowest BCUT2D eigenvalue weighted by Gasteiger charge is -2.19. The van der Waals surface area contributed by atoms with Crippen LogP contribution >= 0.6 is 11.3 Å². The topological polar surface area (TPSA) is 92.3 Å². The summed E-state index contributed by atoms with van der Waals surface area (Å²) in [5, 5.41) is 12.0. The Hall–Kier alpha value is -1.83. The maximum atomic E-state index is 12.4. The van der Waals surface area contributed by atoms with Gasteiger partial charge in [-0.05, 0) is 19.3 Å². The normalized spacial score (nSPS) is 23.0. The van der Waals surface area contributed by atoms with E-state index in [2.05, 4.69) is 22.4 Å². The summed E-state index contributed by atoms with van der Waals surface area (Å²) in [5.74, 6) is -1.22. The molecule has 25 heavy (non-hydrogen) atoms. The number of nitrogens with zero attached hydrogens (tertiary/aromatic N) is 3. The monoisotopic (exact) mass is 364 g/mol. The van der Waals surface area contributed by atoms with E-state index in [0.717, 1.165) is 61.3 Å². The second kappa shape index (κ2) is 8.03. The van der Waals surface area contributed by atoms with E-state index in [1.54, 1.807) is 0 Å². The second-order valence-electron chi connectivity index (χ2n) is 6.77. The molecule has 7 nitrogen and oxygen atoms in total. The van der Waals surface area contributed by atoms with Crippen molar-refractivity contribution in [2.75, 3.05) is 11.9 Å². The number of carbonyl (C=O) groups excluding carboxylic acids is 3. The summed E-state index contributed by atoms with van der Waals surface area (Å²) in [6, 6.07) is 0. The van der Waals surface area contributed by atoms with Crippen molar-refractivity contribution in [2.24, 2.45) is 11.8 Å². The number of fused-ring (bicyclic) bond motifs is 1. The molecule has 2 fully saturated rings. The molecule has 1 N–H and O–H groups in total. The highest BCUT2D eigenvalue weighted by atomic mass is 32.1. The fraction of sp³-hybridized carbons (Fsp3) is 0.706. The highest BCUT2D eigenvalue weighted by molar-refractivity contribution is 7.15. The van der Waals surface area contributed by atoms with Gasteiger partial charge in [0.2, 0.25) is 22.9 Å². The predicted molar refractivity (Wildman–Crippen MR) is 93.9 cm³/mol. The standard InChI is InChI=1S/C17H24N4O3S/c1-2-3-4-9-14-19-20-17(25-14)18-13(22)10-21-15(23)11-7-5-6-8-12(11)16(21)24/h11-12H,2-10H2,1H3,(H,18,20,22)/t11-,12+. The molecule has 1 aliphatic carbocycles. The zero-order valence-corrected chi connectivity index (χ0v) is 15.3. The molecule has 1 aromatic heterocycles. The van der Waals surface area contributed by atoms with E-state index < -0.39 is 5.91 Å². The molecule has 1 aromatic rings. The van der Waals surface area contributed by atoms with E-state index >= 15 is 0 Å². The highest BCUT2D eigenvalue weighted by Crippen LogP contribution is 2.37. The van der Waals surface area contributed by atoms with E-state index in [1.165, 1.54) is 11.3 Å². The number of rotatable bonds is 7. The summed E-state index contributed by atoms with van der Waals surface area (Å²) in [7, 11) is 0. The third-order valence-corrected chi connectivity index (χ3v) is 5.84. The molecule has 136 valence electrons. The number of hydrogen-bond donors (Lipinski definition) is 1. The van der Waals surface area contributed by atoms with Gasteiger partial charge in [0.05, 0.1) is 11.8 Å². The van der Waals surface area contributed by atoms with Crippen molar-refractivity contribution in [3.05, 3.63) is 5.01 Å². The number of imide groups is 1. The number of nitrogens with one attached hydrogen (secondary N) is 1. The van der Waals surface area contributed by atoms with Gasteiger partial charge < -0.3 is 0 Å². The number of likely N-dealkylation sites (tertiary alicyclic amines) is 1. The zero-order valence-electron chi connectivity index (χ0n) is 14.5. The molecule has 2 heterocycles. The number of carbonyl (C=O) groups is 3. The minimum Gasteiger partial charge on any atom is -0.299 e. The van der Waals surface area contributed by atoms with Gasteiger partial charge in [-0.2, -0.15) is 0 Å². The third kappa shape index (κ3) is 4.05. The van der Waals surface area contributed by atoms with Gasteiger partial charge in [-0.25, -0.2) is 0 Å². The van der Waals surface area contributed by atoms with Crippen LogP contribution in [0.2, 0.25) is 0 Å². The number of unbranched alkanes of at least 4 members (excludes halogenated alkanes) is 2. The van der Waals surface area contributed by atoms with Crippen molar-refractivity contribution in [3.63, 3.8) is 0 Å². The minimum absolute atomic E-state index is 0.192. The highest BCUT2D eigenvalue weighted by Gasteiger charge is 2.48. The van der Waals surface area contributed by atoms with E-state index in [9.17, 15) is 14.4 Å². The van der Waals surface area contributed by atoms with Crippen LogP contribution in [0, 0.1) is 11.8 Å². The minimum atomic E-state index is -0.392. The van der Waals surface area contributed by atoms with Crippen molar-refractivity contribution in [1.82, 2.24) is 15.1 Å². The number of amides is 3. The van der Waals surface area contributed by atoms with Crippen LogP contribution < -0.4 is 5.32 Å². The maximum absolute atomic E-state index is 12.4. The summed E-state index contributed by atoms with van der Waals surface area (Å²) in [4.78, 5) is 38.1. The fourth-order valence-corrected chi connectivity index (χ4v) is 4.42. The molecule has 3 rings (SSSR count). The van der Waals surface area contributed by atoms with Gasteiger partial charge in [-0.1, -0.05) is 43.9 Å². The Bertz CT molecular complexity index is 636. The molecule has 8 heteroatoms. The summed E-state index contributed by atoms with van der Waals surface area (Å²) >= 11 is 1.35. The van der Waals surface area contributed by atoms with Crippen molar-refractivity contribution < 1.29 is 14.4 Å². The molecule has 0 bridgehead atoms. The zero-order chi connectivity index (χ0) is 17.8. The summed E-state index contributed by atoms with van der Waals surface area (Å²) in [5.41, 5.74) is 0. The van der Waals surface area contributed by atoms with E-state index in [-0.39, 0.29) is 30.2 Å². The Morgan fingerprint density at radius 1 is 1.16 bits per heavy atom. The first kappa shape index (κ1) is 18.0. The molecule has 1 saturated heterocycles. The average molecular weight is 364 g/mol. The summed E-state index contributed by atoms with van der Waals surface area (Å²) in [6.07, 6.45) is 7.66. The molecule has 0 aromatic carbocycles. The largest absolute Gasteiger partial charge is 0.299 e. The predicted octanol–water partition coefficient (Wildman–Crippen LogP) is 2.38. The third-order valence-electron chi connectivity index (χ3n) is 4.94. The number of aromatic nitrogens is 2. The Morgan fingerprint density at radius 3 is 2.48 bits per heavy atom.